The minimum absolute atomic E-state index is 0.00135. The van der Waals surface area contributed by atoms with E-state index in [-0.39, 0.29) is 36.9 Å². The van der Waals surface area contributed by atoms with Gasteiger partial charge in [-0.05, 0) is 32.4 Å². The first kappa shape index (κ1) is 19.7. The van der Waals surface area contributed by atoms with E-state index in [1.165, 1.54) is 6.07 Å². The molecule has 0 saturated carbocycles. The Bertz CT molecular complexity index is 844. The summed E-state index contributed by atoms with van der Waals surface area (Å²) < 4.78 is 11.0. The van der Waals surface area contributed by atoms with Gasteiger partial charge < -0.3 is 9.47 Å². The van der Waals surface area contributed by atoms with E-state index in [1.807, 2.05) is 6.92 Å². The molecule has 0 atom stereocenters. The van der Waals surface area contributed by atoms with Crippen molar-refractivity contribution in [2.75, 3.05) is 13.2 Å². The zero-order chi connectivity index (χ0) is 19.3. The molecule has 0 aliphatic rings. The molecule has 0 fully saturated rings. The molecule has 138 valence electrons. The normalized spacial score (nSPS) is 10.5. The van der Waals surface area contributed by atoms with Crippen molar-refractivity contribution in [2.45, 2.75) is 27.3 Å². The number of esters is 2. The molecule has 26 heavy (non-hydrogen) atoms. The van der Waals surface area contributed by atoms with Gasteiger partial charge in [-0.25, -0.2) is 14.3 Å². The van der Waals surface area contributed by atoms with Crippen LogP contribution in [0.4, 0.5) is 0 Å². The summed E-state index contributed by atoms with van der Waals surface area (Å²) in [6.45, 7) is 5.22. The maximum absolute atomic E-state index is 12.5. The Morgan fingerprint density at radius 1 is 1.08 bits per heavy atom. The van der Waals surface area contributed by atoms with Crippen LogP contribution in [0.3, 0.4) is 0 Å². The number of hydrogen-bond donors (Lipinski definition) is 0. The highest BCUT2D eigenvalue weighted by molar-refractivity contribution is 6.31. The van der Waals surface area contributed by atoms with Crippen molar-refractivity contribution in [3.05, 3.63) is 51.8 Å². The number of ketones is 1. The molecule has 0 radical (unpaired) electrons. The van der Waals surface area contributed by atoms with E-state index >= 15 is 0 Å². The summed E-state index contributed by atoms with van der Waals surface area (Å²) in [6, 6.07) is 6.18. The van der Waals surface area contributed by atoms with Crippen LogP contribution in [0.15, 0.2) is 24.3 Å². The molecule has 1 aromatic heterocycles. The minimum Gasteiger partial charge on any atom is -0.461 e. The lowest BCUT2D eigenvalue weighted by Crippen LogP contribution is -2.18. The van der Waals surface area contributed by atoms with Gasteiger partial charge in [-0.2, -0.15) is 5.10 Å². The zero-order valence-electron chi connectivity index (χ0n) is 14.7. The summed E-state index contributed by atoms with van der Waals surface area (Å²) in [6.07, 6.45) is 0. The summed E-state index contributed by atoms with van der Waals surface area (Å²) in [5, 5.41) is 4.49. The second-order valence-corrected chi connectivity index (χ2v) is 5.81. The molecular formula is C18H19ClN2O5. The zero-order valence-corrected chi connectivity index (χ0v) is 15.5. The van der Waals surface area contributed by atoms with Crippen LogP contribution in [0.1, 0.15) is 50.7 Å². The van der Waals surface area contributed by atoms with Crippen molar-refractivity contribution in [1.82, 2.24) is 9.78 Å². The fraction of sp³-hybridized carbons (Fsp3) is 0.333. The lowest BCUT2D eigenvalue weighted by atomic mass is 10.1. The fourth-order valence-electron chi connectivity index (χ4n) is 2.21. The fourth-order valence-corrected chi connectivity index (χ4v) is 2.39. The van der Waals surface area contributed by atoms with Gasteiger partial charge in [-0.3, -0.25) is 4.79 Å². The van der Waals surface area contributed by atoms with Crippen molar-refractivity contribution < 1.29 is 23.9 Å². The molecular weight excluding hydrogens is 360 g/mol. The van der Waals surface area contributed by atoms with Crippen LogP contribution in [-0.4, -0.2) is 40.7 Å². The number of nitrogens with zero attached hydrogens (tertiary/aromatic N) is 2. The Labute approximate surface area is 155 Å². The molecule has 2 rings (SSSR count). The van der Waals surface area contributed by atoms with Crippen LogP contribution in [0.5, 0.6) is 0 Å². The van der Waals surface area contributed by atoms with Gasteiger partial charge in [-0.15, -0.1) is 0 Å². The number of halogens is 1. The van der Waals surface area contributed by atoms with Gasteiger partial charge in [0.2, 0.25) is 0 Å². The molecule has 8 heteroatoms. The van der Waals surface area contributed by atoms with Crippen LogP contribution in [0, 0.1) is 6.92 Å². The molecule has 0 bridgehead atoms. The van der Waals surface area contributed by atoms with Gasteiger partial charge in [0.25, 0.3) is 0 Å². The topological polar surface area (TPSA) is 87.5 Å². The maximum atomic E-state index is 12.5. The molecule has 0 amide bonds. The van der Waals surface area contributed by atoms with Crippen LogP contribution in [0.25, 0.3) is 0 Å². The Morgan fingerprint density at radius 3 is 2.35 bits per heavy atom. The number of ether oxygens (including phenoxy) is 2. The predicted octanol–water partition coefficient (Wildman–Crippen LogP) is 3.08. The first-order valence-corrected chi connectivity index (χ1v) is 8.46. The van der Waals surface area contributed by atoms with E-state index in [4.69, 9.17) is 21.1 Å². The minimum atomic E-state index is -0.678. The van der Waals surface area contributed by atoms with Gasteiger partial charge in [-0.1, -0.05) is 23.7 Å². The highest BCUT2D eigenvalue weighted by Gasteiger charge is 2.22. The third-order valence-electron chi connectivity index (χ3n) is 3.54. The number of benzene rings is 1. The standard InChI is InChI=1S/C18H19ClN2O5/c1-4-25-17(23)14-9-15(18(24)26-5-2)21(20-14)10-16(22)12-7-6-11(3)13(19)8-12/h6-9H,4-5,10H2,1-3H3. The van der Waals surface area contributed by atoms with Gasteiger partial charge in [0.05, 0.1) is 13.2 Å². The molecule has 0 aliphatic heterocycles. The largest absolute Gasteiger partial charge is 0.461 e. The highest BCUT2D eigenvalue weighted by Crippen LogP contribution is 2.18. The Balaban J connectivity index is 2.33. The van der Waals surface area contributed by atoms with Crippen LogP contribution in [0.2, 0.25) is 5.02 Å². The van der Waals surface area contributed by atoms with E-state index in [0.29, 0.717) is 10.6 Å². The van der Waals surface area contributed by atoms with E-state index < -0.39 is 11.9 Å². The van der Waals surface area contributed by atoms with Crippen LogP contribution < -0.4 is 0 Å². The average molecular weight is 379 g/mol. The second-order valence-electron chi connectivity index (χ2n) is 5.40. The molecule has 0 N–H and O–H groups in total. The number of rotatable bonds is 7. The van der Waals surface area contributed by atoms with E-state index in [2.05, 4.69) is 5.10 Å². The molecule has 1 heterocycles. The lowest BCUT2D eigenvalue weighted by molar-refractivity contribution is 0.0505. The van der Waals surface area contributed by atoms with Crippen molar-refractivity contribution in [3.8, 4) is 0 Å². The molecule has 2 aromatic rings. The second kappa shape index (κ2) is 8.62. The number of aryl methyl sites for hydroxylation is 1. The molecule has 1 aromatic carbocycles. The third kappa shape index (κ3) is 4.49. The van der Waals surface area contributed by atoms with E-state index in [1.54, 1.807) is 32.0 Å². The number of carbonyl (C=O) groups excluding carboxylic acids is 3. The SMILES string of the molecule is CCOC(=O)c1cc(C(=O)OCC)n(CC(=O)c2ccc(C)c(Cl)c2)n1. The summed E-state index contributed by atoms with van der Waals surface area (Å²) in [4.78, 5) is 36.5. The smallest absolute Gasteiger partial charge is 0.358 e. The highest BCUT2D eigenvalue weighted by atomic mass is 35.5. The quantitative estimate of drug-likeness (QED) is 0.543. The predicted molar refractivity (Wildman–Crippen MR) is 94.7 cm³/mol. The number of carbonyl (C=O) groups is 3. The summed E-state index contributed by atoms with van der Waals surface area (Å²) in [7, 11) is 0. The molecule has 0 saturated heterocycles. The molecule has 0 unspecified atom stereocenters. The first-order chi connectivity index (χ1) is 12.4. The Hall–Kier alpha value is -2.67. The van der Waals surface area contributed by atoms with Gasteiger partial charge in [0.1, 0.15) is 12.2 Å². The molecule has 0 aliphatic carbocycles. The third-order valence-corrected chi connectivity index (χ3v) is 3.94. The van der Waals surface area contributed by atoms with Gasteiger partial charge >= 0.3 is 11.9 Å². The molecule has 0 spiro atoms. The Kier molecular flexibility index (Phi) is 6.52. The van der Waals surface area contributed by atoms with Crippen LogP contribution in [-0.2, 0) is 16.0 Å². The Morgan fingerprint density at radius 2 is 1.73 bits per heavy atom. The summed E-state index contributed by atoms with van der Waals surface area (Å²) >= 11 is 6.05. The van der Waals surface area contributed by atoms with E-state index in [9.17, 15) is 14.4 Å². The maximum Gasteiger partial charge on any atom is 0.358 e. The summed E-state index contributed by atoms with van der Waals surface area (Å²) in [5.41, 5.74) is 1.16. The van der Waals surface area contributed by atoms with Crippen molar-refractivity contribution in [3.63, 3.8) is 0 Å². The van der Waals surface area contributed by atoms with Crippen LogP contribution >= 0.6 is 11.6 Å². The first-order valence-electron chi connectivity index (χ1n) is 8.08. The molecule has 7 nitrogen and oxygen atoms in total. The van der Waals surface area contributed by atoms with Crippen molar-refractivity contribution in [1.29, 1.82) is 0 Å². The van der Waals surface area contributed by atoms with Gasteiger partial charge in [0.15, 0.2) is 11.5 Å². The number of aromatic nitrogens is 2. The average Bonchev–Trinajstić information content (AvgIpc) is 3.01. The number of hydrogen-bond acceptors (Lipinski definition) is 6. The monoisotopic (exact) mass is 378 g/mol. The summed E-state index contributed by atoms with van der Waals surface area (Å²) in [5.74, 6) is -1.66. The van der Waals surface area contributed by atoms with E-state index in [0.717, 1.165) is 10.2 Å². The lowest BCUT2D eigenvalue weighted by Gasteiger charge is -2.07. The number of Topliss-reactive ketones (excluding diaryl/α,β-unsaturated/α-hetero) is 1. The van der Waals surface area contributed by atoms with Gasteiger partial charge in [0, 0.05) is 16.7 Å². The van der Waals surface area contributed by atoms with Crippen molar-refractivity contribution >= 4 is 29.3 Å². The van der Waals surface area contributed by atoms with Crippen molar-refractivity contribution in [2.24, 2.45) is 0 Å².